The highest BCUT2D eigenvalue weighted by Gasteiger charge is 2.29. The molecule has 0 fully saturated rings. The molecule has 0 bridgehead atoms. The van der Waals surface area contributed by atoms with E-state index in [1.54, 1.807) is 0 Å². The number of aliphatic hydroxyl groups excluding tert-OH is 1. The first-order chi connectivity index (χ1) is 7.24. The van der Waals surface area contributed by atoms with Crippen molar-refractivity contribution in [3.05, 3.63) is 29.8 Å². The van der Waals surface area contributed by atoms with Gasteiger partial charge in [-0.05, 0) is 36.4 Å². The topological polar surface area (TPSA) is 40.5 Å². The van der Waals surface area contributed by atoms with Crippen LogP contribution in [0.15, 0.2) is 29.2 Å². The van der Waals surface area contributed by atoms with Gasteiger partial charge in [-0.15, -0.1) is 0 Å². The highest BCUT2D eigenvalue weighted by Crippen LogP contribution is 2.37. The first-order valence-corrected chi connectivity index (χ1v) is 5.26. The fourth-order valence-corrected chi connectivity index (χ4v) is 1.65. The van der Waals surface area contributed by atoms with Crippen molar-refractivity contribution in [2.45, 2.75) is 22.9 Å². The lowest BCUT2D eigenvalue weighted by atomic mass is 9.97. The van der Waals surface area contributed by atoms with Gasteiger partial charge in [-0.25, -0.2) is 0 Å². The minimum absolute atomic E-state index is 0.0463. The lowest BCUT2D eigenvalue weighted by Gasteiger charge is -2.20. The molecule has 1 rings (SSSR count). The number of rotatable bonds is 3. The molecule has 2 N–H and O–H groups in total. The lowest BCUT2D eigenvalue weighted by Crippen LogP contribution is -2.25. The quantitative estimate of drug-likeness (QED) is 0.812. The van der Waals surface area contributed by atoms with Crippen molar-refractivity contribution in [1.82, 2.24) is 0 Å². The van der Waals surface area contributed by atoms with Crippen LogP contribution in [0.25, 0.3) is 0 Å². The van der Waals surface area contributed by atoms with Gasteiger partial charge in [0.2, 0.25) is 0 Å². The molecule has 0 aliphatic heterocycles. The summed E-state index contributed by atoms with van der Waals surface area (Å²) in [5.74, 6) is 0. The van der Waals surface area contributed by atoms with Crippen molar-refractivity contribution < 1.29 is 23.4 Å². The van der Waals surface area contributed by atoms with Crippen LogP contribution in [0, 0.1) is 0 Å². The number of benzene rings is 1. The summed E-state index contributed by atoms with van der Waals surface area (Å²) >= 11 is -0.216. The van der Waals surface area contributed by atoms with Crippen LogP contribution in [0.1, 0.15) is 12.5 Å². The molecule has 1 unspecified atom stereocenters. The van der Waals surface area contributed by atoms with E-state index in [0.717, 1.165) is 0 Å². The summed E-state index contributed by atoms with van der Waals surface area (Å²) in [6, 6.07) is 5.25. The molecule has 16 heavy (non-hydrogen) atoms. The van der Waals surface area contributed by atoms with E-state index in [1.807, 2.05) is 0 Å². The predicted octanol–water partition coefficient (Wildman–Crippen LogP) is 2.50. The zero-order valence-electron chi connectivity index (χ0n) is 8.45. The molecule has 0 heterocycles. The van der Waals surface area contributed by atoms with E-state index >= 15 is 0 Å². The van der Waals surface area contributed by atoms with Crippen molar-refractivity contribution in [2.75, 3.05) is 6.61 Å². The van der Waals surface area contributed by atoms with Crippen LogP contribution in [0.5, 0.6) is 0 Å². The monoisotopic (exact) mass is 252 g/mol. The molecule has 0 saturated heterocycles. The highest BCUT2D eigenvalue weighted by atomic mass is 32.2. The maximum Gasteiger partial charge on any atom is 0.446 e. The van der Waals surface area contributed by atoms with Gasteiger partial charge in [-0.2, -0.15) is 13.2 Å². The smallest absolute Gasteiger partial charge is 0.393 e. The summed E-state index contributed by atoms with van der Waals surface area (Å²) in [5, 5.41) is 18.5. The second kappa shape index (κ2) is 4.65. The summed E-state index contributed by atoms with van der Waals surface area (Å²) < 4.78 is 36.0. The number of hydrogen-bond acceptors (Lipinski definition) is 3. The van der Waals surface area contributed by atoms with Gasteiger partial charge >= 0.3 is 5.51 Å². The van der Waals surface area contributed by atoms with Crippen LogP contribution in [-0.2, 0) is 5.60 Å². The zero-order valence-corrected chi connectivity index (χ0v) is 9.27. The van der Waals surface area contributed by atoms with E-state index in [0.29, 0.717) is 5.56 Å². The molecular weight excluding hydrogens is 241 g/mol. The lowest BCUT2D eigenvalue weighted by molar-refractivity contribution is -0.0328. The third-order valence-electron chi connectivity index (χ3n) is 2.02. The Morgan fingerprint density at radius 2 is 1.69 bits per heavy atom. The fraction of sp³-hybridized carbons (Fsp3) is 0.400. The molecule has 0 aromatic heterocycles. The normalized spacial score (nSPS) is 15.9. The molecular formula is C10H11F3O2S. The zero-order chi connectivity index (χ0) is 12.4. The van der Waals surface area contributed by atoms with Gasteiger partial charge in [-0.3, -0.25) is 0 Å². The van der Waals surface area contributed by atoms with E-state index in [-0.39, 0.29) is 16.7 Å². The van der Waals surface area contributed by atoms with Crippen LogP contribution in [-0.4, -0.2) is 22.3 Å². The molecule has 90 valence electrons. The maximum atomic E-state index is 12.0. The average Bonchev–Trinajstić information content (AvgIpc) is 2.16. The fourth-order valence-electron chi connectivity index (χ4n) is 1.11. The summed E-state index contributed by atoms with van der Waals surface area (Å²) in [6.07, 6.45) is 0. The van der Waals surface area contributed by atoms with Gasteiger partial charge in [0.15, 0.2) is 0 Å². The Labute approximate surface area is 95.1 Å². The number of alkyl halides is 3. The van der Waals surface area contributed by atoms with Gasteiger partial charge in [0.1, 0.15) is 5.60 Å². The number of hydrogen-bond donors (Lipinski definition) is 2. The molecule has 0 aliphatic carbocycles. The Kier molecular flexibility index (Phi) is 3.88. The Morgan fingerprint density at radius 1 is 1.19 bits per heavy atom. The van der Waals surface area contributed by atoms with Gasteiger partial charge in [-0.1, -0.05) is 12.1 Å². The third-order valence-corrected chi connectivity index (χ3v) is 2.76. The summed E-state index contributed by atoms with van der Waals surface area (Å²) in [6.45, 7) is 0.900. The Bertz CT molecular complexity index is 346. The van der Waals surface area contributed by atoms with Gasteiger partial charge in [0, 0.05) is 4.90 Å². The molecule has 6 heteroatoms. The third kappa shape index (κ3) is 3.70. The van der Waals surface area contributed by atoms with Crippen molar-refractivity contribution in [3.8, 4) is 0 Å². The van der Waals surface area contributed by atoms with Gasteiger partial charge < -0.3 is 10.2 Å². The van der Waals surface area contributed by atoms with E-state index < -0.39 is 17.7 Å². The molecule has 0 saturated carbocycles. The van der Waals surface area contributed by atoms with E-state index in [2.05, 4.69) is 0 Å². The second-order valence-corrected chi connectivity index (χ2v) is 4.64. The minimum atomic E-state index is -4.32. The molecule has 2 nitrogen and oxygen atoms in total. The van der Waals surface area contributed by atoms with Gasteiger partial charge in [0.05, 0.1) is 6.61 Å². The SMILES string of the molecule is CC(O)(CO)c1ccc(SC(F)(F)F)cc1. The summed E-state index contributed by atoms with van der Waals surface area (Å²) in [5.41, 5.74) is -5.37. The van der Waals surface area contributed by atoms with Crippen LogP contribution >= 0.6 is 11.8 Å². The second-order valence-electron chi connectivity index (χ2n) is 3.50. The molecule has 0 spiro atoms. The van der Waals surface area contributed by atoms with Crippen molar-refractivity contribution in [3.63, 3.8) is 0 Å². The number of halogens is 3. The van der Waals surface area contributed by atoms with Crippen molar-refractivity contribution >= 4 is 11.8 Å². The van der Waals surface area contributed by atoms with Crippen molar-refractivity contribution in [1.29, 1.82) is 0 Å². The van der Waals surface area contributed by atoms with E-state index in [4.69, 9.17) is 5.11 Å². The molecule has 0 radical (unpaired) electrons. The molecule has 0 aliphatic rings. The highest BCUT2D eigenvalue weighted by molar-refractivity contribution is 8.00. The Morgan fingerprint density at radius 3 is 2.06 bits per heavy atom. The van der Waals surface area contributed by atoms with Crippen LogP contribution in [0.2, 0.25) is 0 Å². The number of aliphatic hydroxyl groups is 2. The van der Waals surface area contributed by atoms with Crippen LogP contribution < -0.4 is 0 Å². The predicted molar refractivity (Wildman–Crippen MR) is 55.0 cm³/mol. The standard InChI is InChI=1S/C10H11F3O2S/c1-9(15,6-14)7-2-4-8(5-3-7)16-10(11,12)13/h2-5,14-15H,6H2,1H3. The van der Waals surface area contributed by atoms with Crippen molar-refractivity contribution in [2.24, 2.45) is 0 Å². The first kappa shape index (κ1) is 13.3. The van der Waals surface area contributed by atoms with Crippen LogP contribution in [0.3, 0.4) is 0 Å². The molecule has 1 aromatic rings. The largest absolute Gasteiger partial charge is 0.446 e. The average molecular weight is 252 g/mol. The minimum Gasteiger partial charge on any atom is -0.393 e. The van der Waals surface area contributed by atoms with Gasteiger partial charge in [0.25, 0.3) is 0 Å². The van der Waals surface area contributed by atoms with Crippen LogP contribution in [0.4, 0.5) is 13.2 Å². The Balaban J connectivity index is 2.84. The van der Waals surface area contributed by atoms with E-state index in [1.165, 1.54) is 31.2 Å². The summed E-state index contributed by atoms with van der Waals surface area (Å²) in [4.78, 5) is 0.0463. The Hall–Kier alpha value is -0.720. The molecule has 1 aromatic carbocycles. The maximum absolute atomic E-state index is 12.0. The van der Waals surface area contributed by atoms with E-state index in [9.17, 15) is 18.3 Å². The molecule has 1 atom stereocenters. The summed E-state index contributed by atoms with van der Waals surface area (Å²) in [7, 11) is 0. The molecule has 0 amide bonds. The first-order valence-electron chi connectivity index (χ1n) is 4.44. The number of thioether (sulfide) groups is 1.